The molecular weight excluding hydrogens is 456 g/mol. The quantitative estimate of drug-likeness (QED) is 0.256. The monoisotopic (exact) mass is 492 g/mol. The summed E-state index contributed by atoms with van der Waals surface area (Å²) >= 11 is 0. The fourth-order valence-corrected chi connectivity index (χ4v) is 4.09. The lowest BCUT2D eigenvalue weighted by atomic mass is 9.48. The van der Waals surface area contributed by atoms with Crippen LogP contribution in [0.3, 0.4) is 0 Å². The van der Waals surface area contributed by atoms with E-state index in [-0.39, 0.29) is 5.57 Å². The summed E-state index contributed by atoms with van der Waals surface area (Å²) in [6.07, 6.45) is -1.38. The Bertz CT molecular complexity index is 953. The zero-order valence-corrected chi connectivity index (χ0v) is 21.4. The highest BCUT2D eigenvalue weighted by Crippen LogP contribution is 2.59. The van der Waals surface area contributed by atoms with Crippen molar-refractivity contribution in [3.63, 3.8) is 0 Å². The van der Waals surface area contributed by atoms with Crippen LogP contribution in [0.25, 0.3) is 0 Å². The molecule has 0 heterocycles. The molecule has 0 aliphatic heterocycles. The van der Waals surface area contributed by atoms with Crippen LogP contribution in [0, 0.1) is 16.2 Å². The number of hydrogen-bond donors (Lipinski definition) is 2. The van der Waals surface area contributed by atoms with Gasteiger partial charge in [-0.1, -0.05) is 43.8 Å². The molecule has 35 heavy (non-hydrogen) atoms. The van der Waals surface area contributed by atoms with Crippen molar-refractivity contribution in [2.75, 3.05) is 20.3 Å². The standard InChI is InChI=1S/C26H36O9/c1-16(2)20(28)34-14-19(27)15-35-23(32)26(7,24(4,5)21(29)30)25(6,22(31)33-8)17(3)18-12-10-9-11-13-18/h9-13,17,19,27H,1,14-15H2,2-8H3,(H,29,30). The number of carbonyl (C=O) groups excluding carboxylic acids is 3. The van der Waals surface area contributed by atoms with Crippen molar-refractivity contribution in [2.24, 2.45) is 16.2 Å². The van der Waals surface area contributed by atoms with Gasteiger partial charge in [0.25, 0.3) is 0 Å². The Morgan fingerprint density at radius 3 is 1.94 bits per heavy atom. The first-order chi connectivity index (χ1) is 16.1. The molecule has 4 atom stereocenters. The first-order valence-corrected chi connectivity index (χ1v) is 11.1. The highest BCUT2D eigenvalue weighted by Gasteiger charge is 2.68. The number of methoxy groups -OCH3 is 1. The van der Waals surface area contributed by atoms with Crippen LogP contribution in [0.4, 0.5) is 0 Å². The van der Waals surface area contributed by atoms with Crippen LogP contribution >= 0.6 is 0 Å². The van der Waals surface area contributed by atoms with E-state index in [1.807, 2.05) is 0 Å². The Hall–Kier alpha value is -3.20. The molecule has 0 saturated heterocycles. The lowest BCUT2D eigenvalue weighted by Gasteiger charge is -2.52. The molecule has 1 rings (SSSR count). The zero-order valence-electron chi connectivity index (χ0n) is 21.4. The molecule has 0 amide bonds. The number of aliphatic carboxylic acids is 1. The summed E-state index contributed by atoms with van der Waals surface area (Å²) in [5.41, 5.74) is -4.67. The number of aliphatic hydroxyl groups excluding tert-OH is 1. The number of carbonyl (C=O) groups is 4. The van der Waals surface area contributed by atoms with E-state index in [0.29, 0.717) is 5.56 Å². The summed E-state index contributed by atoms with van der Waals surface area (Å²) in [7, 11) is 1.16. The molecule has 0 aliphatic carbocycles. The molecule has 194 valence electrons. The van der Waals surface area contributed by atoms with Crippen LogP contribution in [0.2, 0.25) is 0 Å². The van der Waals surface area contributed by atoms with E-state index in [1.165, 1.54) is 34.6 Å². The molecule has 1 aromatic rings. The van der Waals surface area contributed by atoms with Crippen LogP contribution in [-0.2, 0) is 33.4 Å². The van der Waals surface area contributed by atoms with Crippen molar-refractivity contribution in [3.05, 3.63) is 48.0 Å². The van der Waals surface area contributed by atoms with Gasteiger partial charge in [-0.15, -0.1) is 0 Å². The molecule has 1 aromatic carbocycles. The number of benzene rings is 1. The Kier molecular flexibility index (Phi) is 9.79. The highest BCUT2D eigenvalue weighted by molar-refractivity contribution is 5.94. The second-order valence-electron chi connectivity index (χ2n) is 9.51. The number of hydrogen-bond acceptors (Lipinski definition) is 8. The first kappa shape index (κ1) is 29.8. The molecule has 4 unspecified atom stereocenters. The summed E-state index contributed by atoms with van der Waals surface area (Å²) in [5, 5.41) is 20.3. The van der Waals surface area contributed by atoms with Gasteiger partial charge in [0.1, 0.15) is 19.3 Å². The third-order valence-electron chi connectivity index (χ3n) is 7.17. The molecule has 9 nitrogen and oxygen atoms in total. The number of rotatable bonds is 12. The van der Waals surface area contributed by atoms with Gasteiger partial charge in [-0.3, -0.25) is 14.4 Å². The fraction of sp³-hybridized carbons (Fsp3) is 0.538. The van der Waals surface area contributed by atoms with Gasteiger partial charge in [-0.05, 0) is 46.1 Å². The number of ether oxygens (including phenoxy) is 3. The highest BCUT2D eigenvalue weighted by atomic mass is 16.6. The molecule has 0 bridgehead atoms. The van der Waals surface area contributed by atoms with Gasteiger partial charge in [0.2, 0.25) is 0 Å². The Balaban J connectivity index is 3.49. The molecule has 9 heteroatoms. The third kappa shape index (κ3) is 5.73. The first-order valence-electron chi connectivity index (χ1n) is 11.1. The van der Waals surface area contributed by atoms with Crippen LogP contribution in [-0.4, -0.2) is 60.5 Å². The molecular formula is C26H36O9. The number of esters is 3. The van der Waals surface area contributed by atoms with Gasteiger partial charge in [0.15, 0.2) is 0 Å². The van der Waals surface area contributed by atoms with Crippen molar-refractivity contribution in [1.29, 1.82) is 0 Å². The molecule has 0 aromatic heterocycles. The molecule has 2 N–H and O–H groups in total. The molecule has 0 saturated carbocycles. The lowest BCUT2D eigenvalue weighted by molar-refractivity contribution is -0.200. The predicted molar refractivity (Wildman–Crippen MR) is 127 cm³/mol. The van der Waals surface area contributed by atoms with Crippen LogP contribution < -0.4 is 0 Å². The van der Waals surface area contributed by atoms with Crippen LogP contribution in [0.5, 0.6) is 0 Å². The minimum Gasteiger partial charge on any atom is -0.481 e. The van der Waals surface area contributed by atoms with Crippen molar-refractivity contribution in [3.8, 4) is 0 Å². The lowest BCUT2D eigenvalue weighted by Crippen LogP contribution is -2.62. The Morgan fingerprint density at radius 1 is 0.971 bits per heavy atom. The normalized spacial score (nSPS) is 16.6. The number of carboxylic acid groups (broad SMARTS) is 1. The number of carboxylic acids is 1. The van der Waals surface area contributed by atoms with Crippen molar-refractivity contribution < 1.29 is 43.6 Å². The van der Waals surface area contributed by atoms with E-state index in [4.69, 9.17) is 14.2 Å². The summed E-state index contributed by atoms with van der Waals surface area (Å²) in [6, 6.07) is 8.87. The molecule has 0 fully saturated rings. The molecule has 0 spiro atoms. The third-order valence-corrected chi connectivity index (χ3v) is 7.17. The second kappa shape index (κ2) is 11.5. The van der Waals surface area contributed by atoms with Gasteiger partial charge in [-0.25, -0.2) is 4.79 Å². The summed E-state index contributed by atoms with van der Waals surface area (Å²) in [6.45, 7) is 11.0. The maximum Gasteiger partial charge on any atom is 0.333 e. The minimum absolute atomic E-state index is 0.133. The fourth-order valence-electron chi connectivity index (χ4n) is 4.09. The van der Waals surface area contributed by atoms with Crippen molar-refractivity contribution in [1.82, 2.24) is 0 Å². The average molecular weight is 493 g/mol. The van der Waals surface area contributed by atoms with E-state index in [9.17, 15) is 29.4 Å². The topological polar surface area (TPSA) is 136 Å². The molecule has 0 radical (unpaired) electrons. The largest absolute Gasteiger partial charge is 0.481 e. The van der Waals surface area contributed by atoms with Gasteiger partial charge in [0.05, 0.1) is 23.4 Å². The minimum atomic E-state index is -1.97. The van der Waals surface area contributed by atoms with E-state index in [1.54, 1.807) is 37.3 Å². The Morgan fingerprint density at radius 2 is 1.49 bits per heavy atom. The van der Waals surface area contributed by atoms with Gasteiger partial charge < -0.3 is 24.4 Å². The predicted octanol–water partition coefficient (Wildman–Crippen LogP) is 3.11. The Labute approximate surface area is 206 Å². The van der Waals surface area contributed by atoms with E-state index >= 15 is 0 Å². The van der Waals surface area contributed by atoms with Crippen molar-refractivity contribution in [2.45, 2.75) is 53.6 Å². The van der Waals surface area contributed by atoms with E-state index in [2.05, 4.69) is 6.58 Å². The van der Waals surface area contributed by atoms with Gasteiger partial charge >= 0.3 is 23.9 Å². The summed E-state index contributed by atoms with van der Waals surface area (Å²) in [4.78, 5) is 50.9. The van der Waals surface area contributed by atoms with Gasteiger partial charge in [-0.2, -0.15) is 0 Å². The van der Waals surface area contributed by atoms with E-state index < -0.39 is 65.4 Å². The van der Waals surface area contributed by atoms with E-state index in [0.717, 1.165) is 7.11 Å². The van der Waals surface area contributed by atoms with Crippen LogP contribution in [0.1, 0.15) is 53.0 Å². The summed E-state index contributed by atoms with van der Waals surface area (Å²) in [5.74, 6) is -4.54. The smallest absolute Gasteiger partial charge is 0.333 e. The number of aliphatic hydroxyl groups is 1. The maximum atomic E-state index is 13.6. The molecule has 0 aliphatic rings. The summed E-state index contributed by atoms with van der Waals surface area (Å²) < 4.78 is 15.3. The van der Waals surface area contributed by atoms with Crippen LogP contribution in [0.15, 0.2) is 42.5 Å². The van der Waals surface area contributed by atoms with Gasteiger partial charge in [0, 0.05) is 5.57 Å². The second-order valence-corrected chi connectivity index (χ2v) is 9.51. The average Bonchev–Trinajstić information content (AvgIpc) is 2.83. The zero-order chi connectivity index (χ0) is 27.2. The van der Waals surface area contributed by atoms with Crippen molar-refractivity contribution >= 4 is 23.9 Å². The maximum absolute atomic E-state index is 13.6. The SMILES string of the molecule is C=C(C)C(=O)OCC(O)COC(=O)C(C)(C(C)(C)C(=O)O)C(C)(C(=O)OC)C(C)c1ccccc1.